The molecule has 1 amide bonds. The van der Waals surface area contributed by atoms with E-state index in [1.165, 1.54) is 0 Å². The van der Waals surface area contributed by atoms with E-state index in [0.717, 1.165) is 43.9 Å². The first-order valence-electron chi connectivity index (χ1n) is 6.48. The maximum atomic E-state index is 12.5. The van der Waals surface area contributed by atoms with Gasteiger partial charge in [-0.25, -0.2) is 4.98 Å². The van der Waals surface area contributed by atoms with Crippen molar-refractivity contribution in [3.05, 3.63) is 17.7 Å². The van der Waals surface area contributed by atoms with Gasteiger partial charge in [-0.2, -0.15) is 0 Å². The molecule has 3 heterocycles. The summed E-state index contributed by atoms with van der Waals surface area (Å²) in [4.78, 5) is 21.8. The Balaban J connectivity index is 1.77. The number of H-pyrrole nitrogens is 1. The molecule has 1 aromatic rings. The molecule has 0 unspecified atom stereocenters. The quantitative estimate of drug-likeness (QED) is 0.727. The molecule has 98 valence electrons. The lowest BCUT2D eigenvalue weighted by atomic mass is 10.0. The number of fused-ring (bicyclic) bond motifs is 1. The largest absolute Gasteiger partial charge is 0.380 e. The molecule has 18 heavy (non-hydrogen) atoms. The number of carbonyl (C=O) groups excluding carboxylic acids is 1. The highest BCUT2D eigenvalue weighted by Crippen LogP contribution is 2.21. The zero-order valence-electron chi connectivity index (χ0n) is 10.3. The zero-order valence-corrected chi connectivity index (χ0v) is 10.3. The van der Waals surface area contributed by atoms with Crippen LogP contribution in [-0.2, 0) is 16.0 Å². The monoisotopic (exact) mass is 250 g/mol. The van der Waals surface area contributed by atoms with Crippen LogP contribution in [0.3, 0.4) is 0 Å². The third-order valence-electron chi connectivity index (χ3n) is 3.53. The molecule has 6 heteroatoms. The predicted molar refractivity (Wildman–Crippen MR) is 65.1 cm³/mol. The molecule has 1 saturated heterocycles. The Morgan fingerprint density at radius 2 is 2.39 bits per heavy atom. The highest BCUT2D eigenvalue weighted by molar-refractivity contribution is 5.83. The van der Waals surface area contributed by atoms with Gasteiger partial charge in [0.2, 0.25) is 5.91 Å². The fourth-order valence-electron chi connectivity index (χ4n) is 2.57. The van der Waals surface area contributed by atoms with Crippen LogP contribution < -0.4 is 5.32 Å². The van der Waals surface area contributed by atoms with Gasteiger partial charge in [-0.1, -0.05) is 0 Å². The number of carbonyl (C=O) groups is 1. The van der Waals surface area contributed by atoms with Gasteiger partial charge in [0.05, 0.1) is 18.6 Å². The van der Waals surface area contributed by atoms with Crippen molar-refractivity contribution in [3.63, 3.8) is 0 Å². The topological polar surface area (TPSA) is 70.2 Å². The number of imidazole rings is 1. The maximum absolute atomic E-state index is 12.5. The molecule has 0 bridgehead atoms. The van der Waals surface area contributed by atoms with Crippen LogP contribution >= 0.6 is 0 Å². The molecule has 0 aliphatic carbocycles. The van der Waals surface area contributed by atoms with E-state index in [-0.39, 0.29) is 11.9 Å². The summed E-state index contributed by atoms with van der Waals surface area (Å²) < 4.78 is 5.38. The molecule has 0 aromatic carbocycles. The van der Waals surface area contributed by atoms with E-state index < -0.39 is 0 Å². The normalized spacial score (nSPS) is 24.4. The second-order valence-corrected chi connectivity index (χ2v) is 4.69. The summed E-state index contributed by atoms with van der Waals surface area (Å²) >= 11 is 0. The minimum Gasteiger partial charge on any atom is -0.380 e. The molecule has 2 N–H and O–H groups in total. The fraction of sp³-hybridized carbons (Fsp3) is 0.667. The van der Waals surface area contributed by atoms with E-state index in [9.17, 15) is 4.79 Å². The number of aromatic amines is 1. The number of hydrogen-bond donors (Lipinski definition) is 2. The second kappa shape index (κ2) is 5.07. The van der Waals surface area contributed by atoms with Crippen molar-refractivity contribution in [2.45, 2.75) is 18.9 Å². The number of hydrogen-bond acceptors (Lipinski definition) is 4. The number of nitrogens with zero attached hydrogens (tertiary/aromatic N) is 2. The smallest absolute Gasteiger partial charge is 0.246 e. The van der Waals surface area contributed by atoms with E-state index in [1.807, 2.05) is 4.90 Å². The molecule has 1 aromatic heterocycles. The van der Waals surface area contributed by atoms with Gasteiger partial charge in [0.25, 0.3) is 0 Å². The summed E-state index contributed by atoms with van der Waals surface area (Å²) in [5.74, 6) is 0.119. The summed E-state index contributed by atoms with van der Waals surface area (Å²) in [6.45, 7) is 3.64. The molecule has 0 spiro atoms. The lowest BCUT2D eigenvalue weighted by Gasteiger charge is -2.28. The van der Waals surface area contributed by atoms with Crippen molar-refractivity contribution >= 4 is 5.91 Å². The Labute approximate surface area is 106 Å². The van der Waals surface area contributed by atoms with E-state index in [2.05, 4.69) is 15.3 Å². The van der Waals surface area contributed by atoms with Crippen LogP contribution in [0.2, 0.25) is 0 Å². The summed E-state index contributed by atoms with van der Waals surface area (Å²) in [7, 11) is 0. The number of nitrogens with one attached hydrogen (secondary N) is 2. The van der Waals surface area contributed by atoms with Crippen LogP contribution in [0.4, 0.5) is 0 Å². The van der Waals surface area contributed by atoms with Gasteiger partial charge in [-0.3, -0.25) is 4.79 Å². The standard InChI is InChI=1S/C12H18N4O2/c17-12(16-4-1-6-18-7-5-16)11-10-9(2-3-13-11)14-8-15-10/h8,11,13H,1-7H2,(H,14,15)/t11-/m1/s1. The van der Waals surface area contributed by atoms with E-state index in [0.29, 0.717) is 13.2 Å². The van der Waals surface area contributed by atoms with Gasteiger partial charge in [-0.05, 0) is 6.42 Å². The van der Waals surface area contributed by atoms with Crippen LogP contribution in [0.5, 0.6) is 0 Å². The van der Waals surface area contributed by atoms with Crippen LogP contribution in [0.15, 0.2) is 6.33 Å². The van der Waals surface area contributed by atoms with Gasteiger partial charge in [0, 0.05) is 38.4 Å². The van der Waals surface area contributed by atoms with Gasteiger partial charge in [0.1, 0.15) is 6.04 Å². The van der Waals surface area contributed by atoms with E-state index in [4.69, 9.17) is 4.74 Å². The number of rotatable bonds is 1. The fourth-order valence-corrected chi connectivity index (χ4v) is 2.57. The Kier molecular flexibility index (Phi) is 3.29. The first kappa shape index (κ1) is 11.7. The summed E-state index contributed by atoms with van der Waals surface area (Å²) in [6.07, 6.45) is 3.48. The predicted octanol–water partition coefficient (Wildman–Crippen LogP) is -0.155. The van der Waals surface area contributed by atoms with Crippen LogP contribution in [0.25, 0.3) is 0 Å². The molecule has 3 rings (SSSR count). The van der Waals surface area contributed by atoms with Crippen LogP contribution in [-0.4, -0.2) is 53.6 Å². The van der Waals surface area contributed by atoms with Gasteiger partial charge in [-0.15, -0.1) is 0 Å². The van der Waals surface area contributed by atoms with Crippen molar-refractivity contribution in [1.29, 1.82) is 0 Å². The van der Waals surface area contributed by atoms with Gasteiger partial charge < -0.3 is 19.9 Å². The lowest BCUT2D eigenvalue weighted by molar-refractivity contribution is -0.134. The lowest BCUT2D eigenvalue weighted by Crippen LogP contribution is -2.44. The number of ether oxygens (including phenoxy) is 1. The Hall–Kier alpha value is -1.40. The van der Waals surface area contributed by atoms with Crippen LogP contribution in [0.1, 0.15) is 23.9 Å². The maximum Gasteiger partial charge on any atom is 0.246 e. The van der Waals surface area contributed by atoms with Crippen molar-refractivity contribution in [2.24, 2.45) is 0 Å². The second-order valence-electron chi connectivity index (χ2n) is 4.69. The number of aromatic nitrogens is 2. The first-order valence-corrected chi connectivity index (χ1v) is 6.48. The first-order chi connectivity index (χ1) is 8.86. The minimum atomic E-state index is -0.293. The third-order valence-corrected chi connectivity index (χ3v) is 3.53. The molecule has 2 aliphatic rings. The minimum absolute atomic E-state index is 0.119. The average Bonchev–Trinajstić information content (AvgIpc) is 2.71. The zero-order chi connectivity index (χ0) is 12.4. The average molecular weight is 250 g/mol. The molecule has 6 nitrogen and oxygen atoms in total. The Bertz CT molecular complexity index is 423. The third kappa shape index (κ3) is 2.13. The van der Waals surface area contributed by atoms with Crippen molar-refractivity contribution in [2.75, 3.05) is 32.8 Å². The van der Waals surface area contributed by atoms with Gasteiger partial charge >= 0.3 is 0 Å². The molecule has 2 aliphatic heterocycles. The highest BCUT2D eigenvalue weighted by Gasteiger charge is 2.31. The van der Waals surface area contributed by atoms with Crippen molar-refractivity contribution in [3.8, 4) is 0 Å². The van der Waals surface area contributed by atoms with E-state index in [1.54, 1.807) is 6.33 Å². The van der Waals surface area contributed by atoms with Crippen LogP contribution in [0, 0.1) is 0 Å². The summed E-state index contributed by atoms with van der Waals surface area (Å²) in [5, 5.41) is 3.26. The molecule has 1 fully saturated rings. The molecule has 1 atom stereocenters. The van der Waals surface area contributed by atoms with E-state index >= 15 is 0 Å². The Morgan fingerprint density at radius 1 is 1.44 bits per heavy atom. The van der Waals surface area contributed by atoms with Crippen molar-refractivity contribution in [1.82, 2.24) is 20.2 Å². The summed E-state index contributed by atoms with van der Waals surface area (Å²) in [5.41, 5.74) is 1.94. The number of amides is 1. The molecular weight excluding hydrogens is 232 g/mol. The Morgan fingerprint density at radius 3 is 3.33 bits per heavy atom. The van der Waals surface area contributed by atoms with Crippen molar-refractivity contribution < 1.29 is 9.53 Å². The summed E-state index contributed by atoms with van der Waals surface area (Å²) in [6, 6.07) is -0.293. The SMILES string of the molecule is O=C([C@@H]1NCCc2[nH]cnc21)N1CCCOCC1. The highest BCUT2D eigenvalue weighted by atomic mass is 16.5. The van der Waals surface area contributed by atoms with Gasteiger partial charge in [0.15, 0.2) is 0 Å². The molecule has 0 radical (unpaired) electrons. The molecular formula is C12H18N4O2. The molecule has 0 saturated carbocycles.